The summed E-state index contributed by atoms with van der Waals surface area (Å²) < 4.78 is 10.3. The molecule has 1 saturated heterocycles. The zero-order chi connectivity index (χ0) is 16.0. The maximum atomic E-state index is 5.44. The molecule has 7 nitrogen and oxygen atoms in total. The minimum Gasteiger partial charge on any atom is -0.377 e. The van der Waals surface area contributed by atoms with E-state index < -0.39 is 0 Å². The van der Waals surface area contributed by atoms with Gasteiger partial charge in [0, 0.05) is 59.5 Å². The molecule has 1 aliphatic rings. The number of rotatable bonds is 5. The maximum Gasteiger partial charge on any atom is 0.193 e. The summed E-state index contributed by atoms with van der Waals surface area (Å²) in [6.45, 7) is 9.56. The van der Waals surface area contributed by atoms with Crippen LogP contribution in [0, 0.1) is 0 Å². The predicted molar refractivity (Wildman–Crippen MR) is 85.8 cm³/mol. The fourth-order valence-electron chi connectivity index (χ4n) is 2.36. The van der Waals surface area contributed by atoms with Gasteiger partial charge in [-0.2, -0.15) is 0 Å². The molecule has 0 saturated carbocycles. The first-order valence-electron chi connectivity index (χ1n) is 7.66. The summed E-state index contributed by atoms with van der Waals surface area (Å²) in [4.78, 5) is 9.04. The lowest BCUT2D eigenvalue weighted by Gasteiger charge is -2.37. The molecule has 1 fully saturated rings. The third kappa shape index (κ3) is 4.71. The molecule has 22 heavy (non-hydrogen) atoms. The second kappa shape index (κ2) is 7.60. The number of hydrogen-bond donors (Lipinski definition) is 1. The topological polar surface area (TPSA) is 66.1 Å². The van der Waals surface area contributed by atoms with Gasteiger partial charge in [0.25, 0.3) is 0 Å². The second-order valence-electron chi connectivity index (χ2n) is 6.12. The van der Waals surface area contributed by atoms with E-state index >= 15 is 0 Å². The Labute approximate surface area is 132 Å². The molecule has 1 aromatic heterocycles. The van der Waals surface area contributed by atoms with Gasteiger partial charge in [0.1, 0.15) is 6.26 Å². The quantitative estimate of drug-likeness (QED) is 0.641. The van der Waals surface area contributed by atoms with Gasteiger partial charge in [-0.1, -0.05) is 5.16 Å². The minimum absolute atomic E-state index is 0.204. The van der Waals surface area contributed by atoms with Gasteiger partial charge < -0.3 is 19.5 Å². The van der Waals surface area contributed by atoms with Crippen LogP contribution in [0.15, 0.2) is 21.8 Å². The SMILES string of the molecule is CN=C(NCC(C)(C)OC)N1CCN(Cc2ccon2)CC1. The minimum atomic E-state index is -0.204. The number of piperazine rings is 1. The molecule has 0 amide bonds. The number of aliphatic imine (C=N–C) groups is 1. The summed E-state index contributed by atoms with van der Waals surface area (Å²) in [7, 11) is 3.55. The van der Waals surface area contributed by atoms with Crippen LogP contribution in [0.4, 0.5) is 0 Å². The molecule has 7 heteroatoms. The normalized spacial score (nSPS) is 17.8. The van der Waals surface area contributed by atoms with E-state index in [1.54, 1.807) is 13.4 Å². The third-order valence-electron chi connectivity index (χ3n) is 3.99. The average Bonchev–Trinajstić information content (AvgIpc) is 3.02. The summed E-state index contributed by atoms with van der Waals surface area (Å²) >= 11 is 0. The molecule has 2 rings (SSSR count). The predicted octanol–water partition coefficient (Wildman–Crippen LogP) is 0.793. The van der Waals surface area contributed by atoms with E-state index in [1.165, 1.54) is 0 Å². The van der Waals surface area contributed by atoms with Crippen LogP contribution in [-0.4, -0.2) is 73.4 Å². The van der Waals surface area contributed by atoms with Crippen molar-refractivity contribution in [3.8, 4) is 0 Å². The van der Waals surface area contributed by atoms with Gasteiger partial charge in [0.15, 0.2) is 5.96 Å². The molecule has 1 aromatic rings. The van der Waals surface area contributed by atoms with E-state index in [0.29, 0.717) is 0 Å². The van der Waals surface area contributed by atoms with Crippen molar-refractivity contribution in [1.82, 2.24) is 20.3 Å². The van der Waals surface area contributed by atoms with Crippen LogP contribution in [0.3, 0.4) is 0 Å². The fraction of sp³-hybridized carbons (Fsp3) is 0.733. The lowest BCUT2D eigenvalue weighted by Crippen LogP contribution is -2.54. The third-order valence-corrected chi connectivity index (χ3v) is 3.99. The first kappa shape index (κ1) is 16.8. The van der Waals surface area contributed by atoms with Crippen LogP contribution in [-0.2, 0) is 11.3 Å². The van der Waals surface area contributed by atoms with Crippen LogP contribution in [0.2, 0.25) is 0 Å². The highest BCUT2D eigenvalue weighted by Crippen LogP contribution is 2.09. The number of methoxy groups -OCH3 is 1. The van der Waals surface area contributed by atoms with Gasteiger partial charge in [-0.05, 0) is 13.8 Å². The Hall–Kier alpha value is -1.60. The highest BCUT2D eigenvalue weighted by atomic mass is 16.5. The molecule has 0 aliphatic carbocycles. The number of ether oxygens (including phenoxy) is 1. The summed E-state index contributed by atoms with van der Waals surface area (Å²) in [6, 6.07) is 1.92. The van der Waals surface area contributed by atoms with E-state index in [4.69, 9.17) is 9.26 Å². The smallest absolute Gasteiger partial charge is 0.193 e. The standard InChI is InChI=1S/C15H27N5O2/c1-15(2,21-4)12-17-14(16-3)20-8-6-19(7-9-20)11-13-5-10-22-18-13/h5,10H,6-9,11-12H2,1-4H3,(H,16,17). The summed E-state index contributed by atoms with van der Waals surface area (Å²) in [6.07, 6.45) is 1.62. The van der Waals surface area contributed by atoms with E-state index in [0.717, 1.165) is 50.9 Å². The van der Waals surface area contributed by atoms with E-state index in [2.05, 4.69) is 39.1 Å². The van der Waals surface area contributed by atoms with Crippen LogP contribution in [0.1, 0.15) is 19.5 Å². The number of aromatic nitrogens is 1. The lowest BCUT2D eigenvalue weighted by atomic mass is 10.1. The number of guanidine groups is 1. The Bertz CT molecular complexity index is 464. The summed E-state index contributed by atoms with van der Waals surface area (Å²) in [5.74, 6) is 0.936. The van der Waals surface area contributed by atoms with Crippen molar-refractivity contribution in [2.75, 3.05) is 46.9 Å². The van der Waals surface area contributed by atoms with Gasteiger partial charge >= 0.3 is 0 Å². The molecule has 0 aromatic carbocycles. The van der Waals surface area contributed by atoms with Crippen molar-refractivity contribution in [3.63, 3.8) is 0 Å². The van der Waals surface area contributed by atoms with Crippen molar-refractivity contribution in [1.29, 1.82) is 0 Å². The molecule has 0 unspecified atom stereocenters. The number of nitrogens with zero attached hydrogens (tertiary/aromatic N) is 4. The monoisotopic (exact) mass is 309 g/mol. The lowest BCUT2D eigenvalue weighted by molar-refractivity contribution is 0.0261. The fourth-order valence-corrected chi connectivity index (χ4v) is 2.36. The highest BCUT2D eigenvalue weighted by molar-refractivity contribution is 5.80. The second-order valence-corrected chi connectivity index (χ2v) is 6.12. The molecular weight excluding hydrogens is 282 g/mol. The molecule has 0 radical (unpaired) electrons. The zero-order valence-electron chi connectivity index (χ0n) is 14.0. The molecule has 124 valence electrons. The van der Waals surface area contributed by atoms with Crippen molar-refractivity contribution in [2.45, 2.75) is 26.0 Å². The van der Waals surface area contributed by atoms with Gasteiger partial charge in [-0.3, -0.25) is 9.89 Å². The van der Waals surface area contributed by atoms with Crippen LogP contribution >= 0.6 is 0 Å². The Balaban J connectivity index is 1.79. The number of nitrogens with one attached hydrogen (secondary N) is 1. The zero-order valence-corrected chi connectivity index (χ0v) is 14.0. The highest BCUT2D eigenvalue weighted by Gasteiger charge is 2.22. The first-order valence-corrected chi connectivity index (χ1v) is 7.66. The van der Waals surface area contributed by atoms with Crippen LogP contribution < -0.4 is 5.32 Å². The summed E-state index contributed by atoms with van der Waals surface area (Å²) in [5.41, 5.74) is 0.780. The molecular formula is C15H27N5O2. The van der Waals surface area contributed by atoms with Gasteiger partial charge in [-0.15, -0.1) is 0 Å². The van der Waals surface area contributed by atoms with E-state index in [9.17, 15) is 0 Å². The molecule has 0 spiro atoms. The Morgan fingerprint density at radius 2 is 2.14 bits per heavy atom. The Morgan fingerprint density at radius 3 is 2.68 bits per heavy atom. The molecule has 0 atom stereocenters. The van der Waals surface area contributed by atoms with Gasteiger partial charge in [0.05, 0.1) is 11.3 Å². The van der Waals surface area contributed by atoms with E-state index in [-0.39, 0.29) is 5.60 Å². The number of hydrogen-bond acceptors (Lipinski definition) is 5. The van der Waals surface area contributed by atoms with Gasteiger partial charge in [-0.25, -0.2) is 0 Å². The molecule has 1 aliphatic heterocycles. The molecule has 1 N–H and O–H groups in total. The van der Waals surface area contributed by atoms with E-state index in [1.807, 2.05) is 13.1 Å². The largest absolute Gasteiger partial charge is 0.377 e. The van der Waals surface area contributed by atoms with Crippen molar-refractivity contribution in [3.05, 3.63) is 18.0 Å². The maximum absolute atomic E-state index is 5.44. The Morgan fingerprint density at radius 1 is 1.41 bits per heavy atom. The first-order chi connectivity index (χ1) is 10.5. The van der Waals surface area contributed by atoms with Crippen molar-refractivity contribution >= 4 is 5.96 Å². The summed E-state index contributed by atoms with van der Waals surface area (Å²) in [5, 5.41) is 7.36. The van der Waals surface area contributed by atoms with Gasteiger partial charge in [0.2, 0.25) is 0 Å². The molecule has 0 bridgehead atoms. The van der Waals surface area contributed by atoms with Crippen molar-refractivity contribution in [2.24, 2.45) is 4.99 Å². The average molecular weight is 309 g/mol. The van der Waals surface area contributed by atoms with Crippen molar-refractivity contribution < 1.29 is 9.26 Å². The Kier molecular flexibility index (Phi) is 5.79. The van der Waals surface area contributed by atoms with Crippen LogP contribution in [0.25, 0.3) is 0 Å². The van der Waals surface area contributed by atoms with Crippen LogP contribution in [0.5, 0.6) is 0 Å². The molecule has 2 heterocycles.